The van der Waals surface area contributed by atoms with Crippen LogP contribution in [-0.2, 0) is 5.60 Å². The smallest absolute Gasteiger partial charge is 0.235 e. The van der Waals surface area contributed by atoms with Crippen molar-refractivity contribution in [2.75, 3.05) is 0 Å². The summed E-state index contributed by atoms with van der Waals surface area (Å²) in [6.45, 7) is 3.55. The molecule has 0 saturated heterocycles. The summed E-state index contributed by atoms with van der Waals surface area (Å²) in [4.78, 5) is 63.1. The number of hydrogen-bond acceptors (Lipinski definition) is 13. The number of ether oxygens (including phenoxy) is 1. The molecule has 13 heteroatoms. The van der Waals surface area contributed by atoms with E-state index < -0.39 is 28.7 Å². The first-order chi connectivity index (χ1) is 22.0. The Kier molecular flexibility index (Phi) is 6.06. The molecule has 7 rings (SSSR count). The molecule has 0 radical (unpaired) electrons. The zero-order valence-corrected chi connectivity index (χ0v) is 25.1. The average Bonchev–Trinajstić information content (AvgIpc) is 3.77. The minimum atomic E-state index is -0.971. The number of rotatable bonds is 2. The van der Waals surface area contributed by atoms with Crippen LogP contribution in [0.2, 0.25) is 0 Å². The van der Waals surface area contributed by atoms with Gasteiger partial charge < -0.3 is 4.74 Å². The molecule has 2 aromatic carbocycles. The van der Waals surface area contributed by atoms with Crippen LogP contribution in [0.15, 0.2) is 35.4 Å². The molecule has 0 fully saturated rings. The summed E-state index contributed by atoms with van der Waals surface area (Å²) in [6.07, 6.45) is 2.73. The summed E-state index contributed by atoms with van der Waals surface area (Å²) in [5.41, 5.74) is -0.584. The molecule has 0 bridgehead atoms. The lowest BCUT2D eigenvalue weighted by molar-refractivity contribution is 0.0957. The molecule has 11 nitrogen and oxygen atoms in total. The van der Waals surface area contributed by atoms with Crippen molar-refractivity contribution < 1.29 is 23.9 Å². The highest BCUT2D eigenvalue weighted by Gasteiger charge is 2.41. The van der Waals surface area contributed by atoms with E-state index in [1.807, 2.05) is 24.3 Å². The zero-order valence-electron chi connectivity index (χ0n) is 23.5. The quantitative estimate of drug-likeness (QED) is 0.204. The van der Waals surface area contributed by atoms with E-state index in [1.54, 1.807) is 13.8 Å². The topological polar surface area (TPSA) is 198 Å². The van der Waals surface area contributed by atoms with Crippen molar-refractivity contribution >= 4 is 58.0 Å². The third-order valence-corrected chi connectivity index (χ3v) is 9.82. The second kappa shape index (κ2) is 9.82. The Morgan fingerprint density at radius 2 is 1.00 bits per heavy atom. The van der Waals surface area contributed by atoms with E-state index in [-0.39, 0.29) is 61.5 Å². The summed E-state index contributed by atoms with van der Waals surface area (Å²) in [6, 6.07) is 12.5. The van der Waals surface area contributed by atoms with Crippen molar-refractivity contribution in [1.29, 1.82) is 21.0 Å². The highest BCUT2D eigenvalue weighted by atomic mass is 32.1. The van der Waals surface area contributed by atoms with Crippen LogP contribution >= 0.6 is 22.7 Å². The van der Waals surface area contributed by atoms with Gasteiger partial charge in [0.2, 0.25) is 5.88 Å². The van der Waals surface area contributed by atoms with Gasteiger partial charge in [0.1, 0.15) is 50.5 Å². The molecule has 216 valence electrons. The van der Waals surface area contributed by atoms with Crippen molar-refractivity contribution in [3.63, 3.8) is 0 Å². The van der Waals surface area contributed by atoms with Crippen LogP contribution < -0.4 is 4.74 Å². The van der Waals surface area contributed by atoms with Crippen molar-refractivity contribution in [3.05, 3.63) is 95.6 Å². The van der Waals surface area contributed by atoms with Crippen LogP contribution in [0.1, 0.15) is 93.2 Å². The Morgan fingerprint density at radius 3 is 1.39 bits per heavy atom. The lowest BCUT2D eigenvalue weighted by atomic mass is 10.0. The highest BCUT2D eigenvalue weighted by molar-refractivity contribution is 7.23. The normalized spacial score (nSPS) is 15.1. The van der Waals surface area contributed by atoms with E-state index in [9.17, 15) is 40.2 Å². The monoisotopic (exact) mass is 636 g/mol. The van der Waals surface area contributed by atoms with Gasteiger partial charge in [-0.3, -0.25) is 19.2 Å². The van der Waals surface area contributed by atoms with Gasteiger partial charge in [-0.2, -0.15) is 21.0 Å². The molecule has 46 heavy (non-hydrogen) atoms. The largest absolute Gasteiger partial charge is 0.464 e. The predicted molar refractivity (Wildman–Crippen MR) is 162 cm³/mol. The van der Waals surface area contributed by atoms with Gasteiger partial charge in [-0.05, 0) is 50.3 Å². The maximum absolute atomic E-state index is 13.2. The van der Waals surface area contributed by atoms with E-state index in [0.29, 0.717) is 25.5 Å². The van der Waals surface area contributed by atoms with Gasteiger partial charge in [-0.25, -0.2) is 9.97 Å². The Labute approximate surface area is 267 Å². The third-order valence-electron chi connectivity index (χ3n) is 7.67. The number of fused-ring (bicyclic) bond motifs is 5. The van der Waals surface area contributed by atoms with Crippen LogP contribution in [0.3, 0.4) is 0 Å². The number of hydrogen-bond donors (Lipinski definition) is 0. The maximum atomic E-state index is 13.2. The lowest BCUT2D eigenvalue weighted by Crippen LogP contribution is -2.29. The molecular formula is C33H12N6O5S2. The summed E-state index contributed by atoms with van der Waals surface area (Å²) in [7, 11) is 0. The molecule has 2 aromatic heterocycles. The Bertz CT molecular complexity index is 2340. The molecule has 4 aromatic rings. The molecule has 2 aliphatic carbocycles. The Hall–Kier alpha value is -6.38. The number of benzene rings is 2. The fraction of sp³-hybridized carbons (Fsp3) is 0.0909. The van der Waals surface area contributed by atoms with Crippen LogP contribution in [0.25, 0.3) is 21.9 Å². The van der Waals surface area contributed by atoms with E-state index in [1.165, 1.54) is 47.8 Å². The van der Waals surface area contributed by atoms with Gasteiger partial charge in [0, 0.05) is 22.3 Å². The highest BCUT2D eigenvalue weighted by Crippen LogP contribution is 2.51. The number of nitrogens with zero attached hydrogens (tertiary/aromatic N) is 6. The van der Waals surface area contributed by atoms with Crippen molar-refractivity contribution in [3.8, 4) is 39.9 Å². The van der Waals surface area contributed by atoms with E-state index in [4.69, 9.17) is 4.74 Å². The van der Waals surface area contributed by atoms with Gasteiger partial charge >= 0.3 is 0 Å². The van der Waals surface area contributed by atoms with E-state index >= 15 is 0 Å². The minimum absolute atomic E-state index is 0.000483. The lowest BCUT2D eigenvalue weighted by Gasteiger charge is -2.28. The predicted octanol–water partition coefficient (Wildman–Crippen LogP) is 5.31. The number of nitriles is 4. The van der Waals surface area contributed by atoms with Gasteiger partial charge in [0.15, 0.2) is 23.1 Å². The maximum Gasteiger partial charge on any atom is 0.235 e. The number of carbonyl (C=O) groups excluding carboxylic acids is 4. The van der Waals surface area contributed by atoms with Crippen LogP contribution in [0, 0.1) is 45.3 Å². The van der Waals surface area contributed by atoms with Gasteiger partial charge in [-0.1, -0.05) is 0 Å². The van der Waals surface area contributed by atoms with Crippen LogP contribution in [-0.4, -0.2) is 33.1 Å². The molecule has 0 amide bonds. The number of ketones is 4. The molecular weight excluding hydrogens is 625 g/mol. The number of thiazole rings is 2. The molecule has 0 atom stereocenters. The van der Waals surface area contributed by atoms with Crippen molar-refractivity contribution in [1.82, 2.24) is 9.97 Å². The molecule has 0 unspecified atom stereocenters. The standard InChI is InChI=1S/C33H12N6O5S2/c1-33(2)31-29(45-23(38-31)7-21-25(40)17-3-13(9-34)14(10-35)4-18(17)26(21)41)30-32(44-33)39-24(46-30)8-22-27(42)19-5-15(11-36)16(12-37)6-20(19)28(22)43/h3-8H,1-2H3. The fourth-order valence-electron chi connectivity index (χ4n) is 5.46. The van der Waals surface area contributed by atoms with Crippen LogP contribution in [0.5, 0.6) is 5.88 Å². The molecule has 0 spiro atoms. The second-order valence-corrected chi connectivity index (χ2v) is 12.9. The summed E-state index contributed by atoms with van der Waals surface area (Å²) < 4.78 is 6.15. The fourth-order valence-corrected chi connectivity index (χ4v) is 7.68. The number of carbonyl (C=O) groups is 4. The Morgan fingerprint density at radius 1 is 0.630 bits per heavy atom. The number of Topliss-reactive ketones (excluding diaryl/α,β-unsaturated/α-hetero) is 4. The summed E-state index contributed by atoms with van der Waals surface area (Å²) in [5, 5.41) is 38.0. The molecule has 0 saturated carbocycles. The van der Waals surface area contributed by atoms with Crippen molar-refractivity contribution in [2.24, 2.45) is 0 Å². The third kappa shape index (κ3) is 3.98. The van der Waals surface area contributed by atoms with E-state index in [0.717, 1.165) is 11.3 Å². The summed E-state index contributed by atoms with van der Waals surface area (Å²) in [5.74, 6) is -2.07. The zero-order chi connectivity index (χ0) is 32.7. The van der Waals surface area contributed by atoms with Crippen molar-refractivity contribution in [2.45, 2.75) is 19.4 Å². The molecule has 0 N–H and O–H groups in total. The SMILES string of the molecule is CC1(C)Oc2nc(C=C3C(=O)c4cc(C#N)c(C#N)cc4C3=O)sc2-c2sc(C=C3C(=O)c4cc(C#N)c(C#N)cc4C3=O)nc21. The number of aromatic nitrogens is 2. The van der Waals surface area contributed by atoms with Gasteiger partial charge in [0.25, 0.3) is 0 Å². The first-order valence-electron chi connectivity index (χ1n) is 13.3. The molecule has 1 aliphatic heterocycles. The van der Waals surface area contributed by atoms with E-state index in [2.05, 4.69) is 9.97 Å². The first kappa shape index (κ1) is 28.4. The first-order valence-corrected chi connectivity index (χ1v) is 14.9. The van der Waals surface area contributed by atoms with Gasteiger partial charge in [-0.15, -0.1) is 22.7 Å². The second-order valence-electron chi connectivity index (χ2n) is 10.8. The summed E-state index contributed by atoms with van der Waals surface area (Å²) >= 11 is 2.35. The van der Waals surface area contributed by atoms with Gasteiger partial charge in [0.05, 0.1) is 38.3 Å². The average molecular weight is 637 g/mol. The number of allylic oxidation sites excluding steroid dienone is 2. The van der Waals surface area contributed by atoms with Crippen LogP contribution in [0.4, 0.5) is 0 Å². The minimum Gasteiger partial charge on any atom is -0.464 e. The Balaban J connectivity index is 1.27. The molecule has 3 heterocycles. The molecule has 3 aliphatic rings.